The third-order valence-corrected chi connectivity index (χ3v) is 4.88. The number of carbonyl (C=O) groups excluding carboxylic acids is 1. The van der Waals surface area contributed by atoms with Crippen LogP contribution in [0.5, 0.6) is 0 Å². The molecule has 0 spiro atoms. The number of carboxylic acid groups (broad SMARTS) is 1. The molecular weight excluding hydrogens is 312 g/mol. The second-order valence-electron chi connectivity index (χ2n) is 6.93. The summed E-state index contributed by atoms with van der Waals surface area (Å²) in [6.07, 6.45) is 0.813. The van der Waals surface area contributed by atoms with Crippen LogP contribution < -0.4 is 0 Å². The van der Waals surface area contributed by atoms with Crippen LogP contribution in [-0.2, 0) is 11.3 Å². The lowest BCUT2D eigenvalue weighted by molar-refractivity contribution is 0.0518. The molecule has 8 nitrogen and oxygen atoms in total. The second kappa shape index (κ2) is 7.19. The molecule has 1 amide bonds. The Morgan fingerprint density at radius 1 is 1.33 bits per heavy atom. The van der Waals surface area contributed by atoms with Crippen molar-refractivity contribution in [3.8, 4) is 0 Å². The largest absolute Gasteiger partial charge is 0.465 e. The highest BCUT2D eigenvalue weighted by atomic mass is 16.5. The van der Waals surface area contributed by atoms with E-state index >= 15 is 0 Å². The molecule has 1 aliphatic rings. The lowest BCUT2D eigenvalue weighted by Gasteiger charge is -2.39. The highest BCUT2D eigenvalue weighted by Gasteiger charge is 2.35. The van der Waals surface area contributed by atoms with E-state index in [1.54, 1.807) is 11.6 Å². The van der Waals surface area contributed by atoms with E-state index in [2.05, 4.69) is 24.2 Å². The predicted molar refractivity (Wildman–Crippen MR) is 86.8 cm³/mol. The van der Waals surface area contributed by atoms with E-state index in [0.29, 0.717) is 37.9 Å². The fourth-order valence-electron chi connectivity index (χ4n) is 3.27. The maximum Gasteiger partial charge on any atom is 0.407 e. The van der Waals surface area contributed by atoms with Crippen LogP contribution in [0.4, 0.5) is 4.79 Å². The number of esters is 1. The average molecular weight is 338 g/mol. The van der Waals surface area contributed by atoms with Crippen LogP contribution in [0.15, 0.2) is 0 Å². The summed E-state index contributed by atoms with van der Waals surface area (Å²) >= 11 is 0. The Bertz CT molecular complexity index is 603. The smallest absolute Gasteiger partial charge is 0.407 e. The first-order valence-electron chi connectivity index (χ1n) is 8.31. The lowest BCUT2D eigenvalue weighted by atomic mass is 9.73. The van der Waals surface area contributed by atoms with Crippen molar-refractivity contribution in [1.82, 2.24) is 19.9 Å². The molecule has 2 rings (SSSR count). The molecule has 0 atom stereocenters. The molecular formula is C16H26N4O4. The Morgan fingerprint density at radius 2 is 1.96 bits per heavy atom. The van der Waals surface area contributed by atoms with E-state index in [9.17, 15) is 9.59 Å². The van der Waals surface area contributed by atoms with Gasteiger partial charge in [-0.1, -0.05) is 19.1 Å². The van der Waals surface area contributed by atoms with E-state index in [4.69, 9.17) is 9.84 Å². The van der Waals surface area contributed by atoms with Gasteiger partial charge in [0.15, 0.2) is 5.69 Å². The maximum absolute atomic E-state index is 11.8. The van der Waals surface area contributed by atoms with E-state index in [0.717, 1.165) is 12.8 Å². The third kappa shape index (κ3) is 3.85. The number of ether oxygens (including phenoxy) is 1. The Labute approximate surface area is 141 Å². The summed E-state index contributed by atoms with van der Waals surface area (Å²) in [6, 6.07) is 0. The number of nitrogens with zero attached hydrogens (tertiary/aromatic N) is 4. The number of aromatic nitrogens is 3. The molecule has 0 aliphatic carbocycles. The van der Waals surface area contributed by atoms with Crippen LogP contribution in [0, 0.1) is 18.3 Å². The molecule has 24 heavy (non-hydrogen) atoms. The van der Waals surface area contributed by atoms with Crippen molar-refractivity contribution in [3.05, 3.63) is 11.4 Å². The Balaban J connectivity index is 2.04. The molecule has 0 radical (unpaired) electrons. The van der Waals surface area contributed by atoms with Gasteiger partial charge in [-0.25, -0.2) is 14.3 Å². The number of rotatable bonds is 5. The number of piperidine rings is 1. The van der Waals surface area contributed by atoms with Crippen LogP contribution >= 0.6 is 0 Å². The van der Waals surface area contributed by atoms with Gasteiger partial charge in [0.1, 0.15) is 0 Å². The Morgan fingerprint density at radius 3 is 2.50 bits per heavy atom. The van der Waals surface area contributed by atoms with E-state index in [-0.39, 0.29) is 11.1 Å². The Hall–Kier alpha value is -2.12. The fraction of sp³-hybridized carbons (Fsp3) is 0.750. The molecule has 134 valence electrons. The second-order valence-corrected chi connectivity index (χ2v) is 6.93. The first kappa shape index (κ1) is 18.2. The number of amides is 1. The minimum atomic E-state index is -0.850. The summed E-state index contributed by atoms with van der Waals surface area (Å²) in [5.74, 6) is -0.0587. The van der Waals surface area contributed by atoms with Crippen LogP contribution in [0.2, 0.25) is 0 Å². The molecule has 8 heteroatoms. The van der Waals surface area contributed by atoms with Gasteiger partial charge in [0, 0.05) is 19.6 Å². The first-order valence-corrected chi connectivity index (χ1v) is 8.31. The summed E-state index contributed by atoms with van der Waals surface area (Å²) in [4.78, 5) is 24.3. The monoisotopic (exact) mass is 338 g/mol. The van der Waals surface area contributed by atoms with Crippen molar-refractivity contribution in [2.75, 3.05) is 19.7 Å². The molecule has 1 fully saturated rings. The zero-order valence-corrected chi connectivity index (χ0v) is 14.8. The predicted octanol–water partition coefficient (Wildman–Crippen LogP) is 2.18. The molecule has 1 saturated heterocycles. The minimum Gasteiger partial charge on any atom is -0.465 e. The van der Waals surface area contributed by atoms with Crippen LogP contribution in [0.1, 0.15) is 49.8 Å². The Kier molecular flexibility index (Phi) is 5.46. The summed E-state index contributed by atoms with van der Waals surface area (Å²) in [5.41, 5.74) is 0.882. The van der Waals surface area contributed by atoms with Crippen molar-refractivity contribution in [1.29, 1.82) is 0 Å². The molecule has 1 aliphatic heterocycles. The van der Waals surface area contributed by atoms with Gasteiger partial charge in [-0.2, -0.15) is 0 Å². The third-order valence-electron chi connectivity index (χ3n) is 4.88. The highest BCUT2D eigenvalue weighted by molar-refractivity contribution is 5.88. The molecule has 1 aromatic rings. The zero-order valence-electron chi connectivity index (χ0n) is 14.8. The van der Waals surface area contributed by atoms with Gasteiger partial charge in [0.2, 0.25) is 0 Å². The van der Waals surface area contributed by atoms with Crippen LogP contribution in [-0.4, -0.2) is 56.8 Å². The van der Waals surface area contributed by atoms with Gasteiger partial charge >= 0.3 is 12.1 Å². The van der Waals surface area contributed by atoms with Gasteiger partial charge in [-0.15, -0.1) is 5.10 Å². The SMILES string of the molecule is CCOC(=O)c1nnn(CC(C)(C)C2CCN(C(=O)O)CC2)c1C. The zero-order chi connectivity index (χ0) is 17.9. The van der Waals surface area contributed by atoms with Crippen molar-refractivity contribution in [2.45, 2.75) is 47.1 Å². The standard InChI is InChI=1S/C16H26N4O4/c1-5-24-14(21)13-11(2)20(18-17-13)10-16(3,4)12-6-8-19(9-7-12)15(22)23/h12H,5-10H2,1-4H3,(H,22,23). The summed E-state index contributed by atoms with van der Waals surface area (Å²) in [7, 11) is 0. The maximum atomic E-state index is 11.8. The van der Waals surface area contributed by atoms with Gasteiger partial charge in [-0.3, -0.25) is 0 Å². The van der Waals surface area contributed by atoms with Gasteiger partial charge in [-0.05, 0) is 38.0 Å². The number of hydrogen-bond acceptors (Lipinski definition) is 5. The summed E-state index contributed by atoms with van der Waals surface area (Å²) in [5, 5.41) is 17.1. The van der Waals surface area contributed by atoms with Crippen molar-refractivity contribution < 1.29 is 19.4 Å². The molecule has 2 heterocycles. The molecule has 0 unspecified atom stereocenters. The molecule has 1 aromatic heterocycles. The minimum absolute atomic E-state index is 0.0744. The first-order chi connectivity index (χ1) is 11.3. The molecule has 0 aromatic carbocycles. The quantitative estimate of drug-likeness (QED) is 0.826. The van der Waals surface area contributed by atoms with Gasteiger partial charge in [0.05, 0.1) is 12.3 Å². The number of hydrogen-bond donors (Lipinski definition) is 1. The van der Waals surface area contributed by atoms with Crippen molar-refractivity contribution in [3.63, 3.8) is 0 Å². The molecule has 1 N–H and O–H groups in total. The van der Waals surface area contributed by atoms with E-state index in [1.807, 2.05) is 6.92 Å². The number of carbonyl (C=O) groups is 2. The van der Waals surface area contributed by atoms with Crippen LogP contribution in [0.25, 0.3) is 0 Å². The molecule has 0 saturated carbocycles. The van der Waals surface area contributed by atoms with Gasteiger partial charge in [0.25, 0.3) is 0 Å². The van der Waals surface area contributed by atoms with Crippen molar-refractivity contribution in [2.24, 2.45) is 11.3 Å². The van der Waals surface area contributed by atoms with Crippen LogP contribution in [0.3, 0.4) is 0 Å². The highest BCUT2D eigenvalue weighted by Crippen LogP contribution is 2.36. The lowest BCUT2D eigenvalue weighted by Crippen LogP contribution is -2.42. The normalized spacial score (nSPS) is 16.2. The average Bonchev–Trinajstić information content (AvgIpc) is 2.88. The molecule has 0 bridgehead atoms. The fourth-order valence-corrected chi connectivity index (χ4v) is 3.27. The van der Waals surface area contributed by atoms with E-state index < -0.39 is 12.1 Å². The van der Waals surface area contributed by atoms with Crippen molar-refractivity contribution >= 4 is 12.1 Å². The van der Waals surface area contributed by atoms with E-state index in [1.165, 1.54) is 4.90 Å². The van der Waals surface area contributed by atoms with Gasteiger partial charge < -0.3 is 14.7 Å². The topological polar surface area (TPSA) is 97.5 Å². The summed E-state index contributed by atoms with van der Waals surface area (Å²) < 4.78 is 6.73. The summed E-state index contributed by atoms with van der Waals surface area (Å²) in [6.45, 7) is 9.93. The number of likely N-dealkylation sites (tertiary alicyclic amines) is 1.